The molecule has 0 bridgehead atoms. The lowest BCUT2D eigenvalue weighted by Crippen LogP contribution is -2.29. The fourth-order valence-corrected chi connectivity index (χ4v) is 0.815. The summed E-state index contributed by atoms with van der Waals surface area (Å²) in [5, 5.41) is 8.64. The van der Waals surface area contributed by atoms with E-state index in [4.69, 9.17) is 0 Å². The van der Waals surface area contributed by atoms with Crippen molar-refractivity contribution in [2.45, 2.75) is 19.8 Å². The Labute approximate surface area is 76.5 Å². The molecule has 5 heteroatoms. The molecule has 1 heterocycles. The quantitative estimate of drug-likeness (QED) is 0.696. The van der Waals surface area contributed by atoms with Crippen LogP contribution >= 0.6 is 0 Å². The van der Waals surface area contributed by atoms with E-state index < -0.39 is 0 Å². The van der Waals surface area contributed by atoms with Crippen LogP contribution < -0.4 is 10.6 Å². The summed E-state index contributed by atoms with van der Waals surface area (Å²) in [4.78, 5) is 11.1. The fourth-order valence-electron chi connectivity index (χ4n) is 0.815. The summed E-state index contributed by atoms with van der Waals surface area (Å²) < 4.78 is 4.69. The molecule has 5 nitrogen and oxygen atoms in total. The van der Waals surface area contributed by atoms with E-state index in [0.29, 0.717) is 12.4 Å². The Hall–Kier alpha value is -1.52. The minimum Gasteiger partial charge on any atom is -0.338 e. The first-order valence-electron chi connectivity index (χ1n) is 4.28. The number of carbonyl (C=O) groups is 1. The first kappa shape index (κ1) is 9.57. The van der Waals surface area contributed by atoms with Gasteiger partial charge in [0, 0.05) is 12.6 Å². The lowest BCUT2D eigenvalue weighted by atomic mass is 10.3. The first-order valence-corrected chi connectivity index (χ1v) is 4.28. The van der Waals surface area contributed by atoms with Gasteiger partial charge in [0.15, 0.2) is 0 Å². The molecule has 72 valence electrons. The molecule has 0 aliphatic carbocycles. The molecule has 0 fully saturated rings. The predicted octanol–water partition coefficient (Wildman–Crippen LogP) is 1.60. The second kappa shape index (κ2) is 5.18. The van der Waals surface area contributed by atoms with E-state index in [9.17, 15) is 4.79 Å². The molecule has 1 aromatic heterocycles. The number of hydrogen-bond donors (Lipinski definition) is 2. The second-order valence-corrected chi connectivity index (χ2v) is 2.61. The summed E-state index contributed by atoms with van der Waals surface area (Å²) >= 11 is 0. The van der Waals surface area contributed by atoms with Crippen molar-refractivity contribution in [3.8, 4) is 0 Å². The molecule has 0 spiro atoms. The zero-order valence-corrected chi connectivity index (χ0v) is 7.54. The molecule has 0 radical (unpaired) electrons. The smallest absolute Gasteiger partial charge is 0.321 e. The van der Waals surface area contributed by atoms with Crippen LogP contribution in [0.25, 0.3) is 0 Å². The van der Waals surface area contributed by atoms with Crippen molar-refractivity contribution >= 4 is 11.9 Å². The molecular weight excluding hydrogens is 170 g/mol. The molecular formula is C8H13N3O2. The second-order valence-electron chi connectivity index (χ2n) is 2.61. The van der Waals surface area contributed by atoms with Crippen LogP contribution in [0.2, 0.25) is 0 Å². The van der Waals surface area contributed by atoms with Gasteiger partial charge in [-0.05, 0) is 6.42 Å². The number of nitrogens with one attached hydrogen (secondary N) is 2. The summed E-state index contributed by atoms with van der Waals surface area (Å²) in [5.41, 5.74) is 0. The summed E-state index contributed by atoms with van der Waals surface area (Å²) in [5.74, 6) is 0.356. The Bertz CT molecular complexity index is 246. The van der Waals surface area contributed by atoms with E-state index in [1.54, 1.807) is 6.07 Å². The summed E-state index contributed by atoms with van der Waals surface area (Å²) in [6.45, 7) is 2.74. The molecule has 1 rings (SSSR count). The van der Waals surface area contributed by atoms with Gasteiger partial charge in [0.05, 0.1) is 6.20 Å². The van der Waals surface area contributed by atoms with Crippen molar-refractivity contribution in [1.82, 2.24) is 10.5 Å². The Kier molecular flexibility index (Phi) is 3.81. The van der Waals surface area contributed by atoms with Crippen LogP contribution in [0.1, 0.15) is 19.8 Å². The predicted molar refractivity (Wildman–Crippen MR) is 48.4 cm³/mol. The minimum absolute atomic E-state index is 0.259. The zero-order valence-electron chi connectivity index (χ0n) is 7.54. The van der Waals surface area contributed by atoms with Gasteiger partial charge in [-0.25, -0.2) is 4.79 Å². The Morgan fingerprint density at radius 2 is 2.54 bits per heavy atom. The van der Waals surface area contributed by atoms with E-state index in [0.717, 1.165) is 12.8 Å². The Balaban J connectivity index is 2.18. The van der Waals surface area contributed by atoms with Gasteiger partial charge in [-0.3, -0.25) is 5.32 Å². The number of unbranched alkanes of at least 4 members (excludes halogenated alkanes) is 1. The van der Waals surface area contributed by atoms with Crippen LogP contribution in [0.4, 0.5) is 10.7 Å². The SMILES string of the molecule is CCCCNC(=O)Nc1ccno1. The highest BCUT2D eigenvalue weighted by molar-refractivity contribution is 5.87. The lowest BCUT2D eigenvalue weighted by Gasteiger charge is -2.02. The average Bonchev–Trinajstić information content (AvgIpc) is 2.57. The molecule has 0 saturated carbocycles. The molecule has 0 aliphatic rings. The van der Waals surface area contributed by atoms with Crippen LogP contribution in [-0.4, -0.2) is 17.7 Å². The van der Waals surface area contributed by atoms with Crippen molar-refractivity contribution in [3.63, 3.8) is 0 Å². The molecule has 0 atom stereocenters. The van der Waals surface area contributed by atoms with E-state index in [1.165, 1.54) is 6.20 Å². The molecule has 2 amide bonds. The average molecular weight is 183 g/mol. The third kappa shape index (κ3) is 3.59. The molecule has 0 aromatic carbocycles. The maximum Gasteiger partial charge on any atom is 0.321 e. The number of amides is 2. The largest absolute Gasteiger partial charge is 0.338 e. The van der Waals surface area contributed by atoms with Crippen LogP contribution in [0, 0.1) is 0 Å². The number of anilines is 1. The Morgan fingerprint density at radius 3 is 3.15 bits per heavy atom. The van der Waals surface area contributed by atoms with Gasteiger partial charge in [0.2, 0.25) is 5.88 Å². The van der Waals surface area contributed by atoms with Crippen LogP contribution in [0.3, 0.4) is 0 Å². The van der Waals surface area contributed by atoms with E-state index in [2.05, 4.69) is 27.2 Å². The zero-order chi connectivity index (χ0) is 9.52. The van der Waals surface area contributed by atoms with E-state index in [-0.39, 0.29) is 6.03 Å². The number of rotatable bonds is 4. The summed E-state index contributed by atoms with van der Waals surface area (Å²) in [6, 6.07) is 1.32. The normalized spacial score (nSPS) is 9.62. The van der Waals surface area contributed by atoms with E-state index >= 15 is 0 Å². The minimum atomic E-state index is -0.259. The summed E-state index contributed by atoms with van der Waals surface area (Å²) in [6.07, 6.45) is 3.51. The number of nitrogens with zero attached hydrogens (tertiary/aromatic N) is 1. The third-order valence-corrected chi connectivity index (χ3v) is 1.49. The van der Waals surface area contributed by atoms with Gasteiger partial charge in [-0.15, -0.1) is 0 Å². The fraction of sp³-hybridized carbons (Fsp3) is 0.500. The standard InChI is InChI=1S/C8H13N3O2/c1-2-3-5-9-8(12)11-7-4-6-10-13-7/h4,6H,2-3,5H2,1H3,(H2,9,11,12). The number of urea groups is 1. The van der Waals surface area contributed by atoms with Gasteiger partial charge in [0.1, 0.15) is 0 Å². The van der Waals surface area contributed by atoms with Crippen LogP contribution in [0.15, 0.2) is 16.8 Å². The first-order chi connectivity index (χ1) is 6.33. The molecule has 0 saturated heterocycles. The van der Waals surface area contributed by atoms with Crippen molar-refractivity contribution in [3.05, 3.63) is 12.3 Å². The van der Waals surface area contributed by atoms with Gasteiger partial charge >= 0.3 is 6.03 Å². The lowest BCUT2D eigenvalue weighted by molar-refractivity contribution is 0.251. The third-order valence-electron chi connectivity index (χ3n) is 1.49. The number of carbonyl (C=O) groups excluding carboxylic acids is 1. The molecule has 0 unspecified atom stereocenters. The Morgan fingerprint density at radius 1 is 1.69 bits per heavy atom. The van der Waals surface area contributed by atoms with Crippen molar-refractivity contribution in [2.24, 2.45) is 0 Å². The molecule has 0 aliphatic heterocycles. The van der Waals surface area contributed by atoms with Gasteiger partial charge in [-0.1, -0.05) is 18.5 Å². The highest BCUT2D eigenvalue weighted by Crippen LogP contribution is 2.02. The van der Waals surface area contributed by atoms with Gasteiger partial charge < -0.3 is 9.84 Å². The van der Waals surface area contributed by atoms with Crippen molar-refractivity contribution < 1.29 is 9.32 Å². The highest BCUT2D eigenvalue weighted by Gasteiger charge is 2.01. The van der Waals surface area contributed by atoms with Gasteiger partial charge in [-0.2, -0.15) is 0 Å². The van der Waals surface area contributed by atoms with Gasteiger partial charge in [0.25, 0.3) is 0 Å². The molecule has 13 heavy (non-hydrogen) atoms. The monoisotopic (exact) mass is 183 g/mol. The van der Waals surface area contributed by atoms with E-state index in [1.807, 2.05) is 0 Å². The van der Waals surface area contributed by atoms with Crippen molar-refractivity contribution in [2.75, 3.05) is 11.9 Å². The molecule has 2 N–H and O–H groups in total. The number of hydrogen-bond acceptors (Lipinski definition) is 3. The van der Waals surface area contributed by atoms with Crippen LogP contribution in [0.5, 0.6) is 0 Å². The number of aromatic nitrogens is 1. The summed E-state index contributed by atoms with van der Waals surface area (Å²) in [7, 11) is 0. The molecule has 1 aromatic rings. The highest BCUT2D eigenvalue weighted by atomic mass is 16.5. The maximum absolute atomic E-state index is 11.1. The van der Waals surface area contributed by atoms with Crippen LogP contribution in [-0.2, 0) is 0 Å². The van der Waals surface area contributed by atoms with Crippen molar-refractivity contribution in [1.29, 1.82) is 0 Å². The maximum atomic E-state index is 11.1. The topological polar surface area (TPSA) is 67.2 Å².